The Morgan fingerprint density at radius 1 is 1.18 bits per heavy atom. The molecule has 2 N–H and O–H groups in total. The van der Waals surface area contributed by atoms with Crippen LogP contribution in [0.25, 0.3) is 32.1 Å². The minimum absolute atomic E-state index is 0.00982. The lowest BCUT2D eigenvalue weighted by Gasteiger charge is -2.30. The highest BCUT2D eigenvalue weighted by Crippen LogP contribution is 2.50. The second-order valence-corrected chi connectivity index (χ2v) is 14.3. The molecule has 13 heteroatoms. The number of nitrogens with zero attached hydrogens (tertiary/aromatic N) is 6. The molecule has 0 amide bonds. The van der Waals surface area contributed by atoms with Crippen LogP contribution in [0.3, 0.4) is 0 Å². The normalized spacial score (nSPS) is 21.7. The third kappa shape index (κ3) is 5.75. The van der Waals surface area contributed by atoms with Crippen LogP contribution in [0.1, 0.15) is 44.0 Å². The van der Waals surface area contributed by atoms with E-state index < -0.39 is 17.8 Å². The van der Waals surface area contributed by atoms with Crippen LogP contribution in [0.2, 0.25) is 5.02 Å². The molecule has 3 fully saturated rings. The molecule has 2 aromatic heterocycles. The van der Waals surface area contributed by atoms with Gasteiger partial charge in [-0.05, 0) is 49.9 Å². The molecule has 0 spiro atoms. The molecule has 0 radical (unpaired) electrons. The minimum Gasteiger partial charge on any atom is -0.489 e. The topological polar surface area (TPSA) is 94.5 Å². The number of nitrogens with two attached hydrogens (primary N) is 1. The highest BCUT2D eigenvalue weighted by atomic mass is 35.5. The fraction of sp³-hybridized carbons (Fsp3) is 0.417. The van der Waals surface area contributed by atoms with Crippen LogP contribution in [-0.2, 0) is 6.42 Å². The number of halogens is 4. The van der Waals surface area contributed by atoms with Crippen LogP contribution in [0.15, 0.2) is 37.1 Å². The van der Waals surface area contributed by atoms with Crippen molar-refractivity contribution in [2.24, 2.45) is 0 Å². The Morgan fingerprint density at radius 2 is 2.00 bits per heavy atom. The summed E-state index contributed by atoms with van der Waals surface area (Å²) >= 11 is 7.88. The first kappa shape index (κ1) is 33.4. The summed E-state index contributed by atoms with van der Waals surface area (Å²) in [6.07, 6.45) is 5.89. The number of allylic oxidation sites excluding steroid dienone is 1. The van der Waals surface area contributed by atoms with E-state index in [0.717, 1.165) is 43.0 Å². The van der Waals surface area contributed by atoms with Gasteiger partial charge in [-0.3, -0.25) is 4.90 Å². The lowest BCUT2D eigenvalue weighted by atomic mass is 9.96. The smallest absolute Gasteiger partial charge is 0.159 e. The van der Waals surface area contributed by atoms with Gasteiger partial charge in [0.05, 0.1) is 27.2 Å². The molecule has 256 valence electrons. The number of hydrogen-bond acceptors (Lipinski definition) is 9. The highest BCUT2D eigenvalue weighted by Gasteiger charge is 2.36. The number of benzene rings is 2. The molecule has 49 heavy (non-hydrogen) atoms. The monoisotopic (exact) mass is 707 g/mol. The summed E-state index contributed by atoms with van der Waals surface area (Å²) in [6, 6.07) is 5.37. The molecule has 2 aromatic carbocycles. The average molecular weight is 708 g/mol. The van der Waals surface area contributed by atoms with Crippen molar-refractivity contribution in [1.29, 1.82) is 5.26 Å². The lowest BCUT2D eigenvalue weighted by Crippen LogP contribution is -2.40. The van der Waals surface area contributed by atoms with Gasteiger partial charge in [0, 0.05) is 54.8 Å². The first-order valence-corrected chi connectivity index (χ1v) is 17.8. The van der Waals surface area contributed by atoms with E-state index in [2.05, 4.69) is 32.8 Å². The number of hydrogen-bond donors (Lipinski definition) is 1. The van der Waals surface area contributed by atoms with Gasteiger partial charge >= 0.3 is 0 Å². The van der Waals surface area contributed by atoms with Gasteiger partial charge in [-0.2, -0.15) is 5.26 Å². The van der Waals surface area contributed by atoms with Gasteiger partial charge in [0.1, 0.15) is 46.8 Å². The van der Waals surface area contributed by atoms with Crippen LogP contribution in [-0.4, -0.2) is 77.4 Å². The number of likely N-dealkylation sites (tertiary alicyclic amines) is 1. The van der Waals surface area contributed by atoms with Crippen LogP contribution in [0.4, 0.5) is 24.0 Å². The van der Waals surface area contributed by atoms with Crippen LogP contribution in [0, 0.1) is 23.0 Å². The van der Waals surface area contributed by atoms with Gasteiger partial charge in [-0.1, -0.05) is 37.7 Å². The van der Waals surface area contributed by atoms with Gasteiger partial charge < -0.3 is 20.3 Å². The summed E-state index contributed by atoms with van der Waals surface area (Å²) in [5, 5.41) is 10.6. The Kier molecular flexibility index (Phi) is 9.11. The van der Waals surface area contributed by atoms with E-state index in [1.54, 1.807) is 6.08 Å². The van der Waals surface area contributed by atoms with Gasteiger partial charge in [0.15, 0.2) is 11.6 Å². The molecule has 3 unspecified atom stereocenters. The number of nitrogen functional groups attached to an aromatic ring is 1. The maximum atomic E-state index is 16.7. The SMILES string of the molecule is C=CC(=C)N1CCC(N2CCOc3c(Cl)c(-c4ccc(F)c5sc(N)c(C#N)c45)c(F)c4nc(CC)nc2c34)C1.FC1CC2CCCN2C1. The summed E-state index contributed by atoms with van der Waals surface area (Å²) in [5.74, 6) is 0.0565. The number of fused-ring (bicyclic) bond motifs is 2. The number of thiophene rings is 1. The Bertz CT molecular complexity index is 2020. The second kappa shape index (κ2) is 13.3. The predicted octanol–water partition coefficient (Wildman–Crippen LogP) is 7.62. The molecule has 6 heterocycles. The number of nitriles is 1. The summed E-state index contributed by atoms with van der Waals surface area (Å²) in [4.78, 5) is 16.0. The molecule has 8 rings (SSSR count). The van der Waals surface area contributed by atoms with Crippen LogP contribution in [0.5, 0.6) is 5.75 Å². The van der Waals surface area contributed by atoms with Gasteiger partial charge in [-0.25, -0.2) is 23.1 Å². The standard InChI is InChI=1S/C29H25ClF2N6OS.C7H12FN/c1-4-14(3)37-9-8-15(13-37)38-10-11-39-26-22-25(35-19(5-2)36-29(22)38)24(32)21(23(26)30)16-6-7-18(31)27-20(16)17(12-33)28(34)40-27;8-6-4-7-2-1-3-9(7)5-6/h4,6-7,15H,1,3,5,8-11,13,34H2,2H3;6-7H,1-5H2. The minimum atomic E-state index is -0.692. The molecule has 3 atom stereocenters. The molecule has 4 aromatic rings. The maximum absolute atomic E-state index is 16.7. The number of anilines is 2. The van der Waals surface area contributed by atoms with Crippen molar-refractivity contribution in [2.45, 2.75) is 57.3 Å². The summed E-state index contributed by atoms with van der Waals surface area (Å²) in [7, 11) is 0. The van der Waals surface area contributed by atoms with Crippen molar-refractivity contribution >= 4 is 54.7 Å². The Labute approximate surface area is 292 Å². The number of aromatic nitrogens is 2. The van der Waals surface area contributed by atoms with Crippen molar-refractivity contribution in [3.05, 3.63) is 65.1 Å². The number of rotatable bonds is 5. The van der Waals surface area contributed by atoms with E-state index in [0.29, 0.717) is 49.1 Å². The fourth-order valence-electron chi connectivity index (χ4n) is 7.67. The van der Waals surface area contributed by atoms with E-state index >= 15 is 4.39 Å². The van der Waals surface area contributed by atoms with E-state index in [1.165, 1.54) is 25.0 Å². The lowest BCUT2D eigenvalue weighted by molar-refractivity contribution is 0.292. The van der Waals surface area contributed by atoms with Crippen molar-refractivity contribution < 1.29 is 17.9 Å². The van der Waals surface area contributed by atoms with E-state index in [4.69, 9.17) is 27.1 Å². The predicted molar refractivity (Wildman–Crippen MR) is 190 cm³/mol. The molecule has 8 nitrogen and oxygen atoms in total. The number of aryl methyl sites for hydroxylation is 1. The zero-order valence-corrected chi connectivity index (χ0v) is 28.8. The first-order chi connectivity index (χ1) is 23.6. The molecule has 0 saturated carbocycles. The second-order valence-electron chi connectivity index (χ2n) is 12.9. The summed E-state index contributed by atoms with van der Waals surface area (Å²) < 4.78 is 50.4. The van der Waals surface area contributed by atoms with E-state index in [1.807, 2.05) is 13.0 Å². The molecule has 3 saturated heterocycles. The van der Waals surface area contributed by atoms with Gasteiger partial charge in [-0.15, -0.1) is 11.3 Å². The summed E-state index contributed by atoms with van der Waals surface area (Å²) in [6.45, 7) is 14.0. The molecular weight excluding hydrogens is 671 g/mol. The first-order valence-electron chi connectivity index (χ1n) is 16.6. The van der Waals surface area contributed by atoms with Crippen molar-refractivity contribution in [3.8, 4) is 22.9 Å². The average Bonchev–Trinajstić information content (AvgIpc) is 3.87. The van der Waals surface area contributed by atoms with Gasteiger partial charge in [0.2, 0.25) is 0 Å². The summed E-state index contributed by atoms with van der Waals surface area (Å²) in [5.41, 5.74) is 7.26. The molecule has 4 aliphatic rings. The van der Waals surface area contributed by atoms with Crippen LogP contribution < -0.4 is 15.4 Å². The van der Waals surface area contributed by atoms with Crippen LogP contribution >= 0.6 is 22.9 Å². The van der Waals surface area contributed by atoms with E-state index in [-0.39, 0.29) is 60.7 Å². The Hall–Kier alpha value is -4.05. The molecule has 0 aliphatic carbocycles. The van der Waals surface area contributed by atoms with Gasteiger partial charge in [0.25, 0.3) is 0 Å². The van der Waals surface area contributed by atoms with E-state index in [9.17, 15) is 14.0 Å². The maximum Gasteiger partial charge on any atom is 0.159 e. The van der Waals surface area contributed by atoms with Crippen molar-refractivity contribution in [2.75, 3.05) is 50.0 Å². The zero-order chi connectivity index (χ0) is 34.6. The third-order valence-corrected chi connectivity index (χ3v) is 11.5. The molecule has 0 bridgehead atoms. The van der Waals surface area contributed by atoms with Crippen molar-refractivity contribution in [3.63, 3.8) is 0 Å². The van der Waals surface area contributed by atoms with Crippen molar-refractivity contribution in [1.82, 2.24) is 19.8 Å². The number of alkyl halides is 1. The zero-order valence-electron chi connectivity index (χ0n) is 27.2. The highest BCUT2D eigenvalue weighted by molar-refractivity contribution is 7.23. The third-order valence-electron chi connectivity index (χ3n) is 10.1. The Balaban J connectivity index is 0.000000361. The largest absolute Gasteiger partial charge is 0.489 e. The Morgan fingerprint density at radius 3 is 2.73 bits per heavy atom. The fourth-order valence-corrected chi connectivity index (χ4v) is 8.95. The quantitative estimate of drug-likeness (QED) is 0.212. The number of ether oxygens (including phenoxy) is 1. The molecule has 4 aliphatic heterocycles. The molecular formula is C36H37ClF3N7OS.